The Labute approximate surface area is 150 Å². The number of aliphatic hydroxyl groups is 1. The van der Waals surface area contributed by atoms with Crippen LogP contribution in [0.4, 0.5) is 11.5 Å². The fourth-order valence-corrected chi connectivity index (χ4v) is 2.78. The molecule has 2 aromatic carbocycles. The summed E-state index contributed by atoms with van der Waals surface area (Å²) in [6.07, 6.45) is 1.72. The fraction of sp³-hybridized carbons (Fsp3) is 0.105. The maximum atomic E-state index is 9.16. The molecule has 0 radical (unpaired) electrons. The Balaban J connectivity index is 1.93. The van der Waals surface area contributed by atoms with E-state index in [1.165, 1.54) is 0 Å². The number of hydrogen-bond donors (Lipinski definition) is 3. The predicted octanol–water partition coefficient (Wildman–Crippen LogP) is 2.47. The van der Waals surface area contributed by atoms with Gasteiger partial charge in [0.2, 0.25) is 0 Å². The van der Waals surface area contributed by atoms with Gasteiger partial charge in [0.15, 0.2) is 22.8 Å². The fourth-order valence-electron chi connectivity index (χ4n) is 2.78. The van der Waals surface area contributed by atoms with Crippen molar-refractivity contribution in [3.8, 4) is 17.1 Å². The van der Waals surface area contributed by atoms with Crippen LogP contribution >= 0.6 is 0 Å². The van der Waals surface area contributed by atoms with Crippen molar-refractivity contribution >= 4 is 22.7 Å². The van der Waals surface area contributed by atoms with E-state index >= 15 is 0 Å². The third kappa shape index (κ3) is 2.96. The van der Waals surface area contributed by atoms with E-state index < -0.39 is 0 Å². The molecule has 4 N–H and O–H groups in total. The van der Waals surface area contributed by atoms with Crippen LogP contribution < -0.4 is 11.1 Å². The molecular formula is C19H18N6O. The first-order valence-corrected chi connectivity index (χ1v) is 8.27. The lowest BCUT2D eigenvalue weighted by Crippen LogP contribution is -2.09. The minimum absolute atomic E-state index is 0.00148. The van der Waals surface area contributed by atoms with Gasteiger partial charge in [0.25, 0.3) is 0 Å². The van der Waals surface area contributed by atoms with Crippen molar-refractivity contribution in [2.24, 2.45) is 0 Å². The van der Waals surface area contributed by atoms with Crippen molar-refractivity contribution in [3.05, 3.63) is 60.9 Å². The van der Waals surface area contributed by atoms with E-state index in [0.29, 0.717) is 35.0 Å². The average molecular weight is 346 g/mol. The first kappa shape index (κ1) is 16.0. The number of benzene rings is 2. The summed E-state index contributed by atoms with van der Waals surface area (Å²) in [4.78, 5) is 13.8. The molecule has 130 valence electrons. The topological polar surface area (TPSA) is 102 Å². The second kappa shape index (κ2) is 6.81. The van der Waals surface area contributed by atoms with Crippen LogP contribution in [0, 0.1) is 0 Å². The molecule has 0 spiro atoms. The maximum absolute atomic E-state index is 9.16. The Morgan fingerprint density at radius 1 is 1.04 bits per heavy atom. The molecule has 0 aliphatic heterocycles. The van der Waals surface area contributed by atoms with Crippen molar-refractivity contribution in [1.82, 2.24) is 19.5 Å². The van der Waals surface area contributed by atoms with Crippen LogP contribution in [0.2, 0.25) is 0 Å². The zero-order valence-electron chi connectivity index (χ0n) is 14.0. The molecule has 0 bridgehead atoms. The van der Waals surface area contributed by atoms with Gasteiger partial charge in [-0.3, -0.25) is 4.57 Å². The van der Waals surface area contributed by atoms with Gasteiger partial charge in [-0.05, 0) is 24.3 Å². The van der Waals surface area contributed by atoms with E-state index in [-0.39, 0.29) is 6.61 Å². The van der Waals surface area contributed by atoms with Crippen LogP contribution in [0.5, 0.6) is 0 Å². The summed E-state index contributed by atoms with van der Waals surface area (Å²) in [5.41, 5.74) is 9.66. The number of fused-ring (bicyclic) bond motifs is 1. The number of nitrogens with zero attached hydrogens (tertiary/aromatic N) is 4. The van der Waals surface area contributed by atoms with E-state index in [1.807, 2.05) is 59.2 Å². The van der Waals surface area contributed by atoms with Crippen LogP contribution in [0.3, 0.4) is 0 Å². The summed E-state index contributed by atoms with van der Waals surface area (Å²) in [5, 5.41) is 12.3. The van der Waals surface area contributed by atoms with E-state index in [4.69, 9.17) is 15.8 Å². The highest BCUT2D eigenvalue weighted by molar-refractivity contribution is 5.86. The minimum Gasteiger partial charge on any atom is -0.399 e. The molecule has 26 heavy (non-hydrogen) atoms. The molecule has 0 fully saturated rings. The molecule has 0 amide bonds. The summed E-state index contributed by atoms with van der Waals surface area (Å²) >= 11 is 0. The molecule has 0 atom stereocenters. The Kier molecular flexibility index (Phi) is 4.20. The highest BCUT2D eigenvalue weighted by Crippen LogP contribution is 2.26. The summed E-state index contributed by atoms with van der Waals surface area (Å²) in [7, 11) is 0. The quantitative estimate of drug-likeness (QED) is 0.480. The summed E-state index contributed by atoms with van der Waals surface area (Å²) in [5.74, 6) is 1.12. The summed E-state index contributed by atoms with van der Waals surface area (Å²) < 4.78 is 1.91. The van der Waals surface area contributed by atoms with Gasteiger partial charge in [-0.25, -0.2) is 15.0 Å². The number of aliphatic hydroxyl groups excluding tert-OH is 1. The van der Waals surface area contributed by atoms with Crippen molar-refractivity contribution in [2.75, 3.05) is 24.2 Å². The molecule has 2 aromatic heterocycles. The Bertz CT molecular complexity index is 1040. The number of anilines is 2. The van der Waals surface area contributed by atoms with Gasteiger partial charge in [-0.1, -0.05) is 30.3 Å². The molecular weight excluding hydrogens is 328 g/mol. The molecule has 4 rings (SSSR count). The molecule has 0 aliphatic carbocycles. The lowest BCUT2D eigenvalue weighted by molar-refractivity contribution is 0.311. The van der Waals surface area contributed by atoms with E-state index in [0.717, 1.165) is 11.3 Å². The van der Waals surface area contributed by atoms with Crippen LogP contribution in [0.25, 0.3) is 28.2 Å². The van der Waals surface area contributed by atoms with Crippen molar-refractivity contribution in [2.45, 2.75) is 0 Å². The molecule has 7 heteroatoms. The van der Waals surface area contributed by atoms with Gasteiger partial charge in [-0.2, -0.15) is 0 Å². The van der Waals surface area contributed by atoms with Gasteiger partial charge < -0.3 is 16.2 Å². The van der Waals surface area contributed by atoms with Gasteiger partial charge >= 0.3 is 0 Å². The average Bonchev–Trinajstić information content (AvgIpc) is 3.11. The molecule has 0 unspecified atom stereocenters. The molecule has 2 heterocycles. The Hall–Kier alpha value is -3.45. The van der Waals surface area contributed by atoms with Gasteiger partial charge in [0, 0.05) is 23.5 Å². The molecule has 0 saturated carbocycles. The number of imidazole rings is 1. The number of nitrogens with two attached hydrogens (primary N) is 1. The van der Waals surface area contributed by atoms with E-state index in [2.05, 4.69) is 15.3 Å². The lowest BCUT2D eigenvalue weighted by Gasteiger charge is -2.09. The van der Waals surface area contributed by atoms with Crippen molar-refractivity contribution in [3.63, 3.8) is 0 Å². The number of aromatic nitrogens is 4. The van der Waals surface area contributed by atoms with Gasteiger partial charge in [-0.15, -0.1) is 0 Å². The third-order valence-corrected chi connectivity index (χ3v) is 3.98. The first-order chi connectivity index (χ1) is 12.8. The number of hydrogen-bond acceptors (Lipinski definition) is 6. The Morgan fingerprint density at radius 2 is 1.88 bits per heavy atom. The second-order valence-electron chi connectivity index (χ2n) is 5.79. The molecule has 0 aliphatic rings. The van der Waals surface area contributed by atoms with Crippen LogP contribution in [0.15, 0.2) is 60.9 Å². The number of nitrogens with one attached hydrogen (secondary N) is 1. The molecule has 0 saturated heterocycles. The molecule has 7 nitrogen and oxygen atoms in total. The SMILES string of the molecule is Nc1cccc(-c2nc(NCCO)c3ncn(-c4ccccc4)c3n2)c1. The van der Waals surface area contributed by atoms with Crippen molar-refractivity contribution < 1.29 is 5.11 Å². The zero-order valence-corrected chi connectivity index (χ0v) is 14.0. The van der Waals surface area contributed by atoms with E-state index in [1.54, 1.807) is 6.33 Å². The number of rotatable bonds is 5. The largest absolute Gasteiger partial charge is 0.399 e. The van der Waals surface area contributed by atoms with Gasteiger partial charge in [0.05, 0.1) is 6.61 Å². The number of para-hydroxylation sites is 1. The second-order valence-corrected chi connectivity index (χ2v) is 5.79. The highest BCUT2D eigenvalue weighted by atomic mass is 16.3. The van der Waals surface area contributed by atoms with E-state index in [9.17, 15) is 0 Å². The highest BCUT2D eigenvalue weighted by Gasteiger charge is 2.15. The Morgan fingerprint density at radius 3 is 2.65 bits per heavy atom. The monoisotopic (exact) mass is 346 g/mol. The van der Waals surface area contributed by atoms with Crippen molar-refractivity contribution in [1.29, 1.82) is 0 Å². The lowest BCUT2D eigenvalue weighted by atomic mass is 10.2. The zero-order chi connectivity index (χ0) is 17.9. The minimum atomic E-state index is -0.00148. The van der Waals surface area contributed by atoms with Crippen LogP contribution in [-0.4, -0.2) is 37.8 Å². The van der Waals surface area contributed by atoms with Gasteiger partial charge in [0.1, 0.15) is 6.33 Å². The third-order valence-electron chi connectivity index (χ3n) is 3.98. The predicted molar refractivity (Wildman–Crippen MR) is 102 cm³/mol. The van der Waals surface area contributed by atoms with Crippen LogP contribution in [-0.2, 0) is 0 Å². The first-order valence-electron chi connectivity index (χ1n) is 8.27. The molecule has 4 aromatic rings. The summed E-state index contributed by atoms with van der Waals surface area (Å²) in [6, 6.07) is 17.3. The maximum Gasteiger partial charge on any atom is 0.170 e. The van der Waals surface area contributed by atoms with Crippen LogP contribution in [0.1, 0.15) is 0 Å². The number of nitrogen functional groups attached to an aromatic ring is 1. The summed E-state index contributed by atoms with van der Waals surface area (Å²) in [6.45, 7) is 0.374. The standard InChI is InChI=1S/C19H18N6O/c20-14-6-4-5-13(11-14)17-23-18(21-9-10-26)16-19(24-17)25(12-22-16)15-7-2-1-3-8-15/h1-8,11-12,26H,9-10,20H2,(H,21,23,24). The smallest absolute Gasteiger partial charge is 0.170 e. The normalized spacial score (nSPS) is 11.0.